The van der Waals surface area contributed by atoms with Crippen LogP contribution in [-0.4, -0.2) is 19.6 Å². The van der Waals surface area contributed by atoms with Gasteiger partial charge in [0.05, 0.1) is 37.6 Å². The molecule has 4 nitrogen and oxygen atoms in total. The van der Waals surface area contributed by atoms with E-state index in [9.17, 15) is 9.22 Å². The highest BCUT2D eigenvalue weighted by Gasteiger charge is 2.29. The number of para-hydroxylation sites is 1. The van der Waals surface area contributed by atoms with Gasteiger partial charge in [0.15, 0.2) is 0 Å². The largest absolute Gasteiger partial charge is 0.507 e. The van der Waals surface area contributed by atoms with E-state index in [1.54, 1.807) is 57.2 Å². The van der Waals surface area contributed by atoms with E-state index < -0.39 is 195 Å². The Balaban J connectivity index is 1.60. The van der Waals surface area contributed by atoms with Crippen LogP contribution in [0, 0.1) is 6.85 Å². The first kappa shape index (κ1) is 17.4. The molecule has 0 saturated carbocycles. The number of rotatable bonds is 6. The molecule has 0 radical (unpaired) electrons. The summed E-state index contributed by atoms with van der Waals surface area (Å²) in [4.78, 5) is 9.15. The normalized spacial score (nSPS) is 23.2. The van der Waals surface area contributed by atoms with Crippen LogP contribution in [0.2, 0.25) is 0 Å². The lowest BCUT2D eigenvalue weighted by Crippen LogP contribution is -2.17. The summed E-state index contributed by atoms with van der Waals surface area (Å²) in [7, 11) is 0. The second-order valence-corrected chi connectivity index (χ2v) is 16.2. The van der Waals surface area contributed by atoms with Gasteiger partial charge in [0.25, 0.3) is 0 Å². The number of aromatic nitrogens is 3. The van der Waals surface area contributed by atoms with Gasteiger partial charge in [0.2, 0.25) is 0 Å². The molecule has 0 atom stereocenters. The predicted octanol–water partition coefficient (Wildman–Crippen LogP) is 16.0. The predicted molar refractivity (Wildman–Crippen MR) is 267 cm³/mol. The summed E-state index contributed by atoms with van der Waals surface area (Å²) in [6, 6.07) is 13.6. The van der Waals surface area contributed by atoms with E-state index in [1.807, 2.05) is 0 Å². The van der Waals surface area contributed by atoms with Gasteiger partial charge < -0.3 is 5.11 Å². The van der Waals surface area contributed by atoms with Crippen molar-refractivity contribution in [3.63, 3.8) is 0 Å². The molecule has 0 spiro atoms. The SMILES string of the molecule is [2H]c1nc(-c2cc(-c3cccc4c3nc(-c3cc(C(C([2H])([2H])[2H])(C([2H])([2H])[2H])C([2H])([2H])[2H])cc(C(C([2H])([2H])[2H])(C([2H])([2H])[2H])C([2H])([2H])[2H])c3O)n4-c3ccc(-c4ccccc4)cc3C([2H])([2H])[2H])cc(C(C)(C)C)c2)c([2H])c(-c2c([2H])c([2H])c(C(C([2H])([2H])[2H])(C([2H])([2H])[2H])C([2H])([2H])[2H])c([2H])c2[2H])c1[2H]. The lowest BCUT2D eigenvalue weighted by Gasteiger charge is -2.27. The molecule has 0 saturated heterocycles. The summed E-state index contributed by atoms with van der Waals surface area (Å²) in [6.45, 7) is -36.1. The maximum atomic E-state index is 13.0. The number of imidazole rings is 1. The molecule has 0 bridgehead atoms. The number of hydrogen-bond acceptors (Lipinski definition) is 3. The van der Waals surface area contributed by atoms with Crippen molar-refractivity contribution in [3.8, 4) is 67.5 Å². The molecule has 1 N–H and O–H groups in total. The van der Waals surface area contributed by atoms with Gasteiger partial charge in [-0.05, 0) is 127 Å². The highest BCUT2D eigenvalue weighted by atomic mass is 16.3. The van der Waals surface area contributed by atoms with Gasteiger partial charge in [-0.3, -0.25) is 9.55 Å². The number of benzene rings is 6. The Labute approximate surface area is 427 Å². The van der Waals surface area contributed by atoms with Gasteiger partial charge in [-0.1, -0.05) is 167 Å². The molecule has 6 aromatic carbocycles. The summed E-state index contributed by atoms with van der Waals surface area (Å²) in [5.74, 6) is -2.53. The third-order valence-electron chi connectivity index (χ3n) is 10.4. The fourth-order valence-corrected chi connectivity index (χ4v) is 7.16. The summed E-state index contributed by atoms with van der Waals surface area (Å²) < 4.78 is 324. The molecule has 0 fully saturated rings. The molecule has 0 aliphatic heterocycles. The van der Waals surface area contributed by atoms with Crippen LogP contribution in [0.3, 0.4) is 0 Å². The molecule has 0 unspecified atom stereocenters. The van der Waals surface area contributed by atoms with Crippen molar-refractivity contribution in [1.82, 2.24) is 14.5 Å². The van der Waals surface area contributed by atoms with Crippen LogP contribution in [0.15, 0.2) is 139 Å². The molecule has 320 valence electrons. The third kappa shape index (κ3) is 8.61. The molecule has 0 aliphatic carbocycles. The van der Waals surface area contributed by atoms with Crippen molar-refractivity contribution in [2.24, 2.45) is 0 Å². The van der Waals surface area contributed by atoms with E-state index in [-0.39, 0.29) is 39.4 Å². The van der Waals surface area contributed by atoms with E-state index in [4.69, 9.17) is 51.6 Å². The molecular weight excluding hydrogens is 767 g/mol. The molecule has 8 aromatic rings. The maximum Gasteiger partial charge on any atom is 0.149 e. The smallest absolute Gasteiger partial charge is 0.149 e. The number of hydrogen-bond donors (Lipinski definition) is 1. The van der Waals surface area contributed by atoms with E-state index in [1.165, 1.54) is 48.5 Å². The van der Waals surface area contributed by atoms with Gasteiger partial charge in [-0.15, -0.1) is 0 Å². The Bertz CT molecular complexity index is 4390. The minimum absolute atomic E-state index is 0.0315. The second-order valence-electron chi connectivity index (χ2n) is 16.2. The van der Waals surface area contributed by atoms with Crippen molar-refractivity contribution >= 4 is 11.0 Å². The first-order valence-corrected chi connectivity index (χ1v) is 19.3. The Morgan fingerprint density at radius 3 is 1.95 bits per heavy atom. The highest BCUT2D eigenvalue weighted by Crippen LogP contribution is 2.45. The van der Waals surface area contributed by atoms with Crippen LogP contribution >= 0.6 is 0 Å². The molecule has 0 amide bonds. The Kier molecular flexibility index (Phi) is 4.36. The van der Waals surface area contributed by atoms with Gasteiger partial charge in [-0.25, -0.2) is 4.98 Å². The molecule has 2 aromatic heterocycles. The molecular formula is C59H63N3O. The number of fused-ring (bicyclic) bond motifs is 1. The lowest BCUT2D eigenvalue weighted by atomic mass is 9.79. The standard InChI is InChI=1S/C59H63N3O/c1-37-30-40(38-18-15-14-16-19-38)24-27-51(37)62-52-21-17-20-47(53(52)61-55(62)48-35-46(58(8,9)10)36-49(54(48)63)59(11,12)13)42-31-43(33-45(32-42)57(5,6)7)50-34-41(28-29-60-50)39-22-25-44(26-23-39)56(2,3)4/h14-36,63H,1-13H3/i1D3,2D3,3D3,4D3,8D3,9D3,10D3,11D3,12D3,13D3,22D,23D,25D,26D,28D,29D,34D. The summed E-state index contributed by atoms with van der Waals surface area (Å²) in [6.07, 6.45) is -0.985. The minimum Gasteiger partial charge on any atom is -0.507 e. The van der Waals surface area contributed by atoms with Crippen LogP contribution in [0.4, 0.5) is 0 Å². The number of phenolic OH excluding ortho intramolecular Hbond substituents is 1. The van der Waals surface area contributed by atoms with Crippen LogP contribution < -0.4 is 0 Å². The fraction of sp³-hybridized carbons (Fsp3) is 0.288. The lowest BCUT2D eigenvalue weighted by molar-refractivity contribution is 0.446. The number of phenols is 1. The average molecular weight is 867 g/mol. The molecule has 8 rings (SSSR count). The van der Waals surface area contributed by atoms with E-state index >= 15 is 0 Å². The van der Waals surface area contributed by atoms with Crippen LogP contribution in [-0.2, 0) is 21.7 Å². The topological polar surface area (TPSA) is 50.9 Å². The van der Waals surface area contributed by atoms with Crippen LogP contribution in [0.1, 0.15) is 161 Å². The number of aromatic hydroxyl groups is 1. The molecule has 4 heteroatoms. The number of pyridine rings is 1. The first-order valence-electron chi connectivity index (χ1n) is 37.8. The van der Waals surface area contributed by atoms with E-state index in [0.29, 0.717) is 17.2 Å². The Morgan fingerprint density at radius 1 is 0.556 bits per heavy atom. The third-order valence-corrected chi connectivity index (χ3v) is 10.4. The Morgan fingerprint density at radius 2 is 1.25 bits per heavy atom. The number of aryl methyl sites for hydroxylation is 1. The van der Waals surface area contributed by atoms with Crippen molar-refractivity contribution in [2.75, 3.05) is 0 Å². The van der Waals surface area contributed by atoms with Gasteiger partial charge in [-0.2, -0.15) is 0 Å². The minimum atomic E-state index is -4.38. The molecule has 2 heterocycles. The summed E-state index contributed by atoms with van der Waals surface area (Å²) >= 11 is 0. The fourth-order valence-electron chi connectivity index (χ4n) is 7.16. The van der Waals surface area contributed by atoms with E-state index in [2.05, 4.69) is 4.98 Å². The van der Waals surface area contributed by atoms with Gasteiger partial charge >= 0.3 is 0 Å². The Hall–Kier alpha value is -6.26. The highest BCUT2D eigenvalue weighted by molar-refractivity contribution is 5.97. The second kappa shape index (κ2) is 15.8. The monoisotopic (exact) mass is 867 g/mol. The van der Waals surface area contributed by atoms with Crippen LogP contribution in [0.5, 0.6) is 5.75 Å². The number of nitrogens with zero attached hydrogens (tertiary/aromatic N) is 3. The van der Waals surface area contributed by atoms with Crippen molar-refractivity contribution < 1.29 is 55.8 Å². The van der Waals surface area contributed by atoms with Crippen molar-refractivity contribution in [2.45, 2.75) is 111 Å². The van der Waals surface area contributed by atoms with E-state index in [0.717, 1.165) is 4.57 Å². The van der Waals surface area contributed by atoms with Gasteiger partial charge in [0.1, 0.15) is 11.6 Å². The average Bonchev–Trinajstić information content (AvgIpc) is 0.721. The zero-order valence-electron chi connectivity index (χ0n) is 71.0. The first-order chi connectivity index (χ1) is 45.0. The van der Waals surface area contributed by atoms with Crippen molar-refractivity contribution in [1.29, 1.82) is 0 Å². The molecule has 0 aliphatic rings. The quantitative estimate of drug-likeness (QED) is 0.181. The van der Waals surface area contributed by atoms with Crippen molar-refractivity contribution in [3.05, 3.63) is 167 Å². The zero-order chi connectivity index (χ0) is 76.3. The maximum absolute atomic E-state index is 13.0. The van der Waals surface area contributed by atoms with Gasteiger partial charge in [0, 0.05) is 64.0 Å². The summed E-state index contributed by atoms with van der Waals surface area (Å²) in [5, 5.41) is 13.0. The van der Waals surface area contributed by atoms with Crippen LogP contribution in [0.25, 0.3) is 72.7 Å². The zero-order valence-corrected chi connectivity index (χ0v) is 34.0. The molecule has 63 heavy (non-hydrogen) atoms. The summed E-state index contributed by atoms with van der Waals surface area (Å²) in [5.41, 5.74) is -22.5.